The van der Waals surface area contributed by atoms with Crippen molar-refractivity contribution in [1.29, 1.82) is 0 Å². The van der Waals surface area contributed by atoms with Gasteiger partial charge < -0.3 is 9.84 Å². The third kappa shape index (κ3) is 3.48. The summed E-state index contributed by atoms with van der Waals surface area (Å²) in [6.45, 7) is 5.13. The van der Waals surface area contributed by atoms with Crippen LogP contribution < -0.4 is 4.90 Å². The zero-order valence-electron chi connectivity index (χ0n) is 10.5. The molecule has 98 valence electrons. The van der Waals surface area contributed by atoms with Crippen molar-refractivity contribution in [2.24, 2.45) is 0 Å². The predicted octanol–water partition coefficient (Wildman–Crippen LogP) is 2.76. The Morgan fingerprint density at radius 2 is 1.89 bits per heavy atom. The van der Waals surface area contributed by atoms with Gasteiger partial charge in [0.2, 0.25) is 0 Å². The minimum atomic E-state index is -0.981. The van der Waals surface area contributed by atoms with Crippen LogP contribution in [0, 0.1) is 0 Å². The lowest BCUT2D eigenvalue weighted by Gasteiger charge is -2.12. The first-order chi connectivity index (χ1) is 8.60. The molecule has 5 nitrogen and oxygen atoms in total. The summed E-state index contributed by atoms with van der Waals surface area (Å²) in [6.07, 6.45) is 0.859. The molecule has 1 aromatic rings. The molecular formula is C13H17NO4. The largest absolute Gasteiger partial charge is 0.478 e. The summed E-state index contributed by atoms with van der Waals surface area (Å²) in [7, 11) is 0. The number of carbonyl (C=O) groups excluding carboxylic acids is 1. The Morgan fingerprint density at radius 1 is 1.33 bits per heavy atom. The van der Waals surface area contributed by atoms with Crippen molar-refractivity contribution in [3.05, 3.63) is 29.8 Å². The molecule has 0 aromatic heterocycles. The van der Waals surface area contributed by atoms with E-state index in [1.54, 1.807) is 12.1 Å². The maximum atomic E-state index is 11.2. The molecule has 1 amide bonds. The Hall–Kier alpha value is -2.04. The number of ether oxygens (including phenoxy) is 1. The summed E-state index contributed by atoms with van der Waals surface area (Å²) in [5.41, 5.74) is 0.855. The zero-order chi connectivity index (χ0) is 13.5. The second kappa shape index (κ2) is 6.64. The van der Waals surface area contributed by atoms with E-state index < -0.39 is 12.1 Å². The summed E-state index contributed by atoms with van der Waals surface area (Å²) in [5, 5.41) is 8.69. The van der Waals surface area contributed by atoms with E-state index in [9.17, 15) is 9.59 Å². The van der Waals surface area contributed by atoms with Crippen LogP contribution in [0.1, 0.15) is 30.6 Å². The zero-order valence-corrected chi connectivity index (χ0v) is 10.5. The molecular weight excluding hydrogens is 234 g/mol. The molecule has 0 aliphatic carbocycles. The number of hydrogen-bond acceptors (Lipinski definition) is 3. The van der Waals surface area contributed by atoms with Gasteiger partial charge in [0.05, 0.1) is 12.1 Å². The van der Waals surface area contributed by atoms with Crippen molar-refractivity contribution in [1.82, 2.24) is 0 Å². The van der Waals surface area contributed by atoms with Gasteiger partial charge >= 0.3 is 12.1 Å². The van der Waals surface area contributed by atoms with Gasteiger partial charge in [0.1, 0.15) is 6.61 Å². The lowest BCUT2D eigenvalue weighted by atomic mass is 10.2. The summed E-state index contributed by atoms with van der Waals surface area (Å²) in [6, 6.07) is 6.11. The number of rotatable bonds is 2. The third-order valence-corrected chi connectivity index (χ3v) is 2.19. The highest BCUT2D eigenvalue weighted by Crippen LogP contribution is 2.18. The average molecular weight is 251 g/mol. The van der Waals surface area contributed by atoms with E-state index in [1.807, 2.05) is 0 Å². The Morgan fingerprint density at radius 3 is 2.28 bits per heavy atom. The molecule has 2 rings (SSSR count). The summed E-state index contributed by atoms with van der Waals surface area (Å²) in [5.74, 6) is -0.981. The van der Waals surface area contributed by atoms with Crippen LogP contribution in [-0.4, -0.2) is 30.3 Å². The van der Waals surface area contributed by atoms with Gasteiger partial charge in [-0.05, 0) is 24.3 Å². The smallest absolute Gasteiger partial charge is 0.414 e. The standard InChI is InChI=1S/C10H9NO4.C3H8/c12-9(13)7-1-3-8(4-2-7)11-5-6-15-10(11)14;1-3-2/h1-4H,5-6H2,(H,12,13);3H2,1-2H3. The van der Waals surface area contributed by atoms with Crippen LogP contribution in [0.4, 0.5) is 10.5 Å². The summed E-state index contributed by atoms with van der Waals surface area (Å²) < 4.78 is 4.77. The van der Waals surface area contributed by atoms with E-state index in [2.05, 4.69) is 13.8 Å². The van der Waals surface area contributed by atoms with Crippen LogP contribution >= 0.6 is 0 Å². The second-order valence-corrected chi connectivity index (χ2v) is 3.83. The average Bonchev–Trinajstić information content (AvgIpc) is 2.77. The van der Waals surface area contributed by atoms with Crippen molar-refractivity contribution < 1.29 is 19.4 Å². The number of amides is 1. The Bertz CT molecular complexity index is 414. The van der Waals surface area contributed by atoms with Crippen LogP contribution in [-0.2, 0) is 4.74 Å². The molecule has 1 heterocycles. The fourth-order valence-corrected chi connectivity index (χ4v) is 1.41. The fraction of sp³-hybridized carbons (Fsp3) is 0.385. The van der Waals surface area contributed by atoms with Crippen LogP contribution in [0.5, 0.6) is 0 Å². The van der Waals surface area contributed by atoms with Crippen molar-refractivity contribution in [3.63, 3.8) is 0 Å². The molecule has 0 atom stereocenters. The molecule has 1 aliphatic rings. The number of benzene rings is 1. The van der Waals surface area contributed by atoms with Gasteiger partial charge in [-0.25, -0.2) is 9.59 Å². The monoisotopic (exact) mass is 251 g/mol. The van der Waals surface area contributed by atoms with E-state index in [-0.39, 0.29) is 5.56 Å². The van der Waals surface area contributed by atoms with Gasteiger partial charge in [0.25, 0.3) is 0 Å². The Kier molecular flexibility index (Phi) is 5.17. The van der Waals surface area contributed by atoms with E-state index in [0.717, 1.165) is 0 Å². The quantitative estimate of drug-likeness (QED) is 0.877. The van der Waals surface area contributed by atoms with Crippen molar-refractivity contribution in [2.45, 2.75) is 20.3 Å². The topological polar surface area (TPSA) is 66.8 Å². The lowest BCUT2D eigenvalue weighted by Crippen LogP contribution is -2.23. The lowest BCUT2D eigenvalue weighted by molar-refractivity contribution is 0.0697. The number of carboxylic acid groups (broad SMARTS) is 1. The van der Waals surface area contributed by atoms with Gasteiger partial charge in [-0.3, -0.25) is 4.90 Å². The molecule has 0 radical (unpaired) electrons. The molecule has 1 N–H and O–H groups in total. The molecule has 1 aliphatic heterocycles. The van der Waals surface area contributed by atoms with Crippen molar-refractivity contribution >= 4 is 17.7 Å². The normalized spacial score (nSPS) is 13.7. The number of anilines is 1. The van der Waals surface area contributed by atoms with Gasteiger partial charge in [-0.1, -0.05) is 20.3 Å². The van der Waals surface area contributed by atoms with Crippen LogP contribution in [0.3, 0.4) is 0 Å². The molecule has 5 heteroatoms. The first-order valence-electron chi connectivity index (χ1n) is 5.87. The summed E-state index contributed by atoms with van der Waals surface area (Å²) >= 11 is 0. The van der Waals surface area contributed by atoms with E-state index >= 15 is 0 Å². The molecule has 0 saturated carbocycles. The highest BCUT2D eigenvalue weighted by molar-refractivity contribution is 5.91. The molecule has 0 bridgehead atoms. The molecule has 1 aromatic carbocycles. The van der Waals surface area contributed by atoms with Crippen molar-refractivity contribution in [3.8, 4) is 0 Å². The van der Waals surface area contributed by atoms with Crippen LogP contribution in [0.25, 0.3) is 0 Å². The number of carboxylic acids is 1. The highest BCUT2D eigenvalue weighted by atomic mass is 16.6. The maximum absolute atomic E-state index is 11.2. The summed E-state index contributed by atoms with van der Waals surface area (Å²) in [4.78, 5) is 23.2. The molecule has 1 saturated heterocycles. The predicted molar refractivity (Wildman–Crippen MR) is 68.1 cm³/mol. The molecule has 18 heavy (non-hydrogen) atoms. The SMILES string of the molecule is CCC.O=C(O)c1ccc(N2CCOC2=O)cc1. The number of nitrogens with zero attached hydrogens (tertiary/aromatic N) is 1. The molecule has 0 unspecified atom stereocenters. The van der Waals surface area contributed by atoms with Gasteiger partial charge in [-0.2, -0.15) is 0 Å². The second-order valence-electron chi connectivity index (χ2n) is 3.83. The fourth-order valence-electron chi connectivity index (χ4n) is 1.41. The highest BCUT2D eigenvalue weighted by Gasteiger charge is 2.23. The van der Waals surface area contributed by atoms with Crippen LogP contribution in [0.15, 0.2) is 24.3 Å². The third-order valence-electron chi connectivity index (χ3n) is 2.19. The first-order valence-corrected chi connectivity index (χ1v) is 5.87. The van der Waals surface area contributed by atoms with E-state index in [1.165, 1.54) is 23.5 Å². The van der Waals surface area contributed by atoms with Gasteiger partial charge in [0.15, 0.2) is 0 Å². The number of carbonyl (C=O) groups is 2. The van der Waals surface area contributed by atoms with Gasteiger partial charge in [0, 0.05) is 5.69 Å². The number of aromatic carboxylic acids is 1. The molecule has 0 spiro atoms. The van der Waals surface area contributed by atoms with Gasteiger partial charge in [-0.15, -0.1) is 0 Å². The van der Waals surface area contributed by atoms with Crippen LogP contribution in [0.2, 0.25) is 0 Å². The van der Waals surface area contributed by atoms with E-state index in [4.69, 9.17) is 9.84 Å². The first kappa shape index (κ1) is 14.0. The minimum absolute atomic E-state index is 0.200. The Labute approximate surface area is 106 Å². The maximum Gasteiger partial charge on any atom is 0.414 e. The number of hydrogen-bond donors (Lipinski definition) is 1. The van der Waals surface area contributed by atoms with Crippen molar-refractivity contribution in [2.75, 3.05) is 18.1 Å². The number of cyclic esters (lactones) is 1. The van der Waals surface area contributed by atoms with E-state index in [0.29, 0.717) is 18.8 Å². The Balaban J connectivity index is 0.000000492. The minimum Gasteiger partial charge on any atom is -0.478 e. The molecule has 1 fully saturated rings.